The van der Waals surface area contributed by atoms with E-state index >= 15 is 0 Å². The van der Waals surface area contributed by atoms with Crippen molar-refractivity contribution < 1.29 is 9.13 Å². The van der Waals surface area contributed by atoms with E-state index in [1.54, 1.807) is 19.2 Å². The molecule has 1 aliphatic rings. The van der Waals surface area contributed by atoms with Crippen LogP contribution >= 0.6 is 0 Å². The van der Waals surface area contributed by atoms with Gasteiger partial charge in [-0.1, -0.05) is 6.07 Å². The molecule has 1 heterocycles. The number of hydrazine groups is 1. The molecule has 1 saturated heterocycles. The summed E-state index contributed by atoms with van der Waals surface area (Å²) in [7, 11) is 3.59. The van der Waals surface area contributed by atoms with Gasteiger partial charge in [0.15, 0.2) is 0 Å². The zero-order valence-electron chi connectivity index (χ0n) is 13.5. The minimum atomic E-state index is -0.211. The molecule has 1 aromatic carbocycles. The van der Waals surface area contributed by atoms with Gasteiger partial charge < -0.3 is 4.74 Å². The van der Waals surface area contributed by atoms with Crippen LogP contribution in [0.15, 0.2) is 18.2 Å². The van der Waals surface area contributed by atoms with Gasteiger partial charge in [0.25, 0.3) is 0 Å². The Labute approximate surface area is 126 Å². The average Bonchev–Trinajstić information content (AvgIpc) is 2.79. The van der Waals surface area contributed by atoms with E-state index < -0.39 is 0 Å². The molecule has 0 amide bonds. The molecule has 1 aliphatic heterocycles. The largest absolute Gasteiger partial charge is 0.497 e. The lowest BCUT2D eigenvalue weighted by molar-refractivity contribution is 0.164. The van der Waals surface area contributed by atoms with Gasteiger partial charge in [0.05, 0.1) is 7.11 Å². The van der Waals surface area contributed by atoms with Crippen molar-refractivity contribution in [3.8, 4) is 5.75 Å². The van der Waals surface area contributed by atoms with Crippen molar-refractivity contribution in [2.24, 2.45) is 5.92 Å². The molecule has 2 rings (SSSR count). The van der Waals surface area contributed by atoms with Crippen LogP contribution in [0.4, 0.5) is 4.39 Å². The monoisotopic (exact) mass is 295 g/mol. The number of halogens is 1. The summed E-state index contributed by atoms with van der Waals surface area (Å²) >= 11 is 0. The van der Waals surface area contributed by atoms with Gasteiger partial charge in [-0.25, -0.2) is 4.39 Å². The van der Waals surface area contributed by atoms with Gasteiger partial charge >= 0.3 is 0 Å². The number of benzene rings is 1. The summed E-state index contributed by atoms with van der Waals surface area (Å²) < 4.78 is 19.1. The van der Waals surface area contributed by atoms with Crippen molar-refractivity contribution in [1.82, 2.24) is 15.8 Å². The molecule has 0 spiro atoms. The molecule has 0 saturated carbocycles. The lowest BCUT2D eigenvalue weighted by atomic mass is 9.88. The normalized spacial score (nSPS) is 27.1. The summed E-state index contributed by atoms with van der Waals surface area (Å²) in [5.74, 6) is 0.826. The van der Waals surface area contributed by atoms with Crippen molar-refractivity contribution >= 4 is 0 Å². The zero-order chi connectivity index (χ0) is 15.6. The second-order valence-electron chi connectivity index (χ2n) is 6.06. The van der Waals surface area contributed by atoms with Gasteiger partial charge in [0, 0.05) is 42.2 Å². The van der Waals surface area contributed by atoms with E-state index in [0.717, 1.165) is 0 Å². The Morgan fingerprint density at radius 1 is 1.29 bits per heavy atom. The fraction of sp³-hybridized carbons (Fsp3) is 0.625. The van der Waals surface area contributed by atoms with Crippen LogP contribution in [-0.4, -0.2) is 37.2 Å². The van der Waals surface area contributed by atoms with Crippen LogP contribution in [0.5, 0.6) is 5.75 Å². The Hall–Kier alpha value is -1.17. The molecule has 2 N–H and O–H groups in total. The number of hydrogen-bond donors (Lipinski definition) is 2. The minimum absolute atomic E-state index is 0.211. The van der Waals surface area contributed by atoms with Crippen molar-refractivity contribution in [3.63, 3.8) is 0 Å². The van der Waals surface area contributed by atoms with Crippen LogP contribution in [0.3, 0.4) is 0 Å². The van der Waals surface area contributed by atoms with Crippen LogP contribution in [-0.2, 0) is 6.54 Å². The molecule has 3 atom stereocenters. The van der Waals surface area contributed by atoms with Gasteiger partial charge in [0.2, 0.25) is 0 Å². The molecule has 1 fully saturated rings. The van der Waals surface area contributed by atoms with Crippen molar-refractivity contribution in [3.05, 3.63) is 29.6 Å². The topological polar surface area (TPSA) is 36.5 Å². The Morgan fingerprint density at radius 3 is 2.43 bits per heavy atom. The SMILES string of the molecule is COc1ccc(CN(C)C(C)C2C(C)NNC2C)c(F)c1. The van der Waals surface area contributed by atoms with E-state index in [0.29, 0.717) is 41.9 Å². The van der Waals surface area contributed by atoms with Crippen LogP contribution in [0.2, 0.25) is 0 Å². The first kappa shape index (κ1) is 16.2. The molecule has 0 radical (unpaired) electrons. The van der Waals surface area contributed by atoms with Crippen LogP contribution in [0, 0.1) is 11.7 Å². The minimum Gasteiger partial charge on any atom is -0.497 e. The van der Waals surface area contributed by atoms with E-state index in [2.05, 4.69) is 36.5 Å². The maximum absolute atomic E-state index is 14.1. The van der Waals surface area contributed by atoms with Crippen molar-refractivity contribution in [2.45, 2.75) is 45.4 Å². The highest BCUT2D eigenvalue weighted by atomic mass is 19.1. The summed E-state index contributed by atoms with van der Waals surface area (Å²) in [6.07, 6.45) is 0. The Bertz CT molecular complexity index is 473. The van der Waals surface area contributed by atoms with Crippen molar-refractivity contribution in [1.29, 1.82) is 0 Å². The first-order valence-corrected chi connectivity index (χ1v) is 7.47. The zero-order valence-corrected chi connectivity index (χ0v) is 13.5. The second-order valence-corrected chi connectivity index (χ2v) is 6.06. The molecule has 5 heteroatoms. The van der Waals surface area contributed by atoms with Gasteiger partial charge in [-0.3, -0.25) is 15.8 Å². The number of methoxy groups -OCH3 is 1. The summed E-state index contributed by atoms with van der Waals surface area (Å²) in [6.45, 7) is 7.15. The highest BCUT2D eigenvalue weighted by Gasteiger charge is 2.35. The van der Waals surface area contributed by atoms with E-state index in [4.69, 9.17) is 4.74 Å². The third-order valence-electron chi connectivity index (χ3n) is 4.63. The fourth-order valence-electron chi connectivity index (χ4n) is 3.21. The quantitative estimate of drug-likeness (QED) is 0.873. The highest BCUT2D eigenvalue weighted by molar-refractivity contribution is 5.28. The third-order valence-corrected chi connectivity index (χ3v) is 4.63. The molecule has 3 unspecified atom stereocenters. The lowest BCUT2D eigenvalue weighted by Gasteiger charge is -2.33. The maximum atomic E-state index is 14.1. The molecular weight excluding hydrogens is 269 g/mol. The number of rotatable bonds is 5. The third kappa shape index (κ3) is 3.54. The predicted molar refractivity (Wildman–Crippen MR) is 82.6 cm³/mol. The number of hydrogen-bond acceptors (Lipinski definition) is 4. The molecular formula is C16H26FN3O. The molecule has 21 heavy (non-hydrogen) atoms. The van der Waals surface area contributed by atoms with Gasteiger partial charge in [-0.05, 0) is 33.9 Å². The number of ether oxygens (including phenoxy) is 1. The maximum Gasteiger partial charge on any atom is 0.131 e. The first-order chi connectivity index (χ1) is 9.93. The summed E-state index contributed by atoms with van der Waals surface area (Å²) in [4.78, 5) is 2.21. The first-order valence-electron chi connectivity index (χ1n) is 7.47. The van der Waals surface area contributed by atoms with Gasteiger partial charge in [-0.2, -0.15) is 0 Å². The summed E-state index contributed by atoms with van der Waals surface area (Å²) in [5, 5.41) is 0. The molecule has 118 valence electrons. The van der Waals surface area contributed by atoms with E-state index in [1.807, 2.05) is 7.05 Å². The average molecular weight is 295 g/mol. The highest BCUT2D eigenvalue weighted by Crippen LogP contribution is 2.24. The van der Waals surface area contributed by atoms with Gasteiger partial charge in [0.1, 0.15) is 11.6 Å². The molecule has 1 aromatic rings. The van der Waals surface area contributed by atoms with Crippen LogP contribution in [0.1, 0.15) is 26.3 Å². The lowest BCUT2D eigenvalue weighted by Crippen LogP contribution is -2.43. The Morgan fingerprint density at radius 2 is 1.90 bits per heavy atom. The smallest absolute Gasteiger partial charge is 0.131 e. The Kier molecular flexibility index (Phi) is 5.19. The van der Waals surface area contributed by atoms with Crippen LogP contribution in [0.25, 0.3) is 0 Å². The molecule has 0 bridgehead atoms. The predicted octanol–water partition coefficient (Wildman–Crippen LogP) is 2.16. The number of nitrogens with one attached hydrogen (secondary N) is 2. The molecule has 0 aliphatic carbocycles. The second kappa shape index (κ2) is 6.73. The van der Waals surface area contributed by atoms with Gasteiger partial charge in [-0.15, -0.1) is 0 Å². The Balaban J connectivity index is 2.05. The van der Waals surface area contributed by atoms with E-state index in [9.17, 15) is 4.39 Å². The number of nitrogens with zero attached hydrogens (tertiary/aromatic N) is 1. The summed E-state index contributed by atoms with van der Waals surface area (Å²) in [5.41, 5.74) is 7.25. The van der Waals surface area contributed by atoms with E-state index in [-0.39, 0.29) is 5.82 Å². The summed E-state index contributed by atoms with van der Waals surface area (Å²) in [6, 6.07) is 6.20. The fourth-order valence-corrected chi connectivity index (χ4v) is 3.21. The molecule has 4 nitrogen and oxygen atoms in total. The van der Waals surface area contributed by atoms with E-state index in [1.165, 1.54) is 6.07 Å². The van der Waals surface area contributed by atoms with Crippen molar-refractivity contribution in [2.75, 3.05) is 14.2 Å². The standard InChI is InChI=1S/C16H26FN3O/c1-10-16(11(2)19-18-10)12(3)20(4)9-13-6-7-14(21-5)8-15(13)17/h6-8,10-12,16,18-19H,9H2,1-5H3. The molecule has 0 aromatic heterocycles. The van der Waals surface area contributed by atoms with Crippen LogP contribution < -0.4 is 15.6 Å².